The second-order valence-electron chi connectivity index (χ2n) is 4.96. The van der Waals surface area contributed by atoms with E-state index in [9.17, 15) is 4.79 Å². The van der Waals surface area contributed by atoms with Crippen molar-refractivity contribution < 1.29 is 9.53 Å². The molecule has 1 amide bonds. The van der Waals surface area contributed by atoms with Crippen LogP contribution in [0.1, 0.15) is 23.9 Å². The van der Waals surface area contributed by atoms with Gasteiger partial charge in [-0.3, -0.25) is 0 Å². The predicted octanol–water partition coefficient (Wildman–Crippen LogP) is 3.38. The maximum atomic E-state index is 11.3. The SMILES string of the molecule is CCOC(=O)NCCc1cc(C)n(-c2ccccc2)c1C. The van der Waals surface area contributed by atoms with Crippen molar-refractivity contribution in [3.63, 3.8) is 0 Å². The molecule has 0 aliphatic rings. The van der Waals surface area contributed by atoms with Crippen molar-refractivity contribution >= 4 is 6.09 Å². The summed E-state index contributed by atoms with van der Waals surface area (Å²) < 4.78 is 7.09. The molecule has 1 aromatic carbocycles. The number of para-hydroxylation sites is 1. The number of benzene rings is 1. The zero-order valence-electron chi connectivity index (χ0n) is 12.8. The molecule has 0 bridgehead atoms. The number of rotatable bonds is 5. The molecule has 4 nitrogen and oxygen atoms in total. The van der Waals surface area contributed by atoms with Crippen LogP contribution < -0.4 is 5.32 Å². The third-order valence-electron chi connectivity index (χ3n) is 3.49. The van der Waals surface area contributed by atoms with Gasteiger partial charge in [-0.2, -0.15) is 0 Å². The molecule has 1 N–H and O–H groups in total. The smallest absolute Gasteiger partial charge is 0.407 e. The van der Waals surface area contributed by atoms with Crippen LogP contribution in [0.25, 0.3) is 5.69 Å². The van der Waals surface area contributed by atoms with E-state index in [1.165, 1.54) is 17.0 Å². The molecule has 2 aromatic rings. The van der Waals surface area contributed by atoms with E-state index < -0.39 is 0 Å². The highest BCUT2D eigenvalue weighted by Gasteiger charge is 2.10. The number of amides is 1. The fourth-order valence-electron chi connectivity index (χ4n) is 2.54. The fraction of sp³-hybridized carbons (Fsp3) is 0.353. The standard InChI is InChI=1S/C17H22N2O2/c1-4-21-17(20)18-11-10-15-12-13(2)19(14(15)3)16-8-6-5-7-9-16/h5-9,12H,4,10-11H2,1-3H3,(H,18,20). The quantitative estimate of drug-likeness (QED) is 0.915. The summed E-state index contributed by atoms with van der Waals surface area (Å²) in [5.74, 6) is 0. The minimum absolute atomic E-state index is 0.352. The molecule has 1 aromatic heterocycles. The second kappa shape index (κ2) is 6.97. The monoisotopic (exact) mass is 286 g/mol. The molecule has 21 heavy (non-hydrogen) atoms. The van der Waals surface area contributed by atoms with E-state index >= 15 is 0 Å². The third kappa shape index (κ3) is 3.66. The summed E-state index contributed by atoms with van der Waals surface area (Å²) in [6.45, 7) is 6.99. The summed E-state index contributed by atoms with van der Waals surface area (Å²) in [5, 5.41) is 2.76. The van der Waals surface area contributed by atoms with E-state index in [0.717, 1.165) is 12.1 Å². The molecular formula is C17H22N2O2. The number of aryl methyl sites for hydroxylation is 1. The number of carbonyl (C=O) groups excluding carboxylic acids is 1. The highest BCUT2D eigenvalue weighted by molar-refractivity contribution is 5.67. The first-order valence-electron chi connectivity index (χ1n) is 7.27. The first-order valence-corrected chi connectivity index (χ1v) is 7.27. The molecule has 0 aliphatic carbocycles. The Morgan fingerprint density at radius 2 is 1.95 bits per heavy atom. The van der Waals surface area contributed by atoms with Gasteiger partial charge in [0.25, 0.3) is 0 Å². The van der Waals surface area contributed by atoms with E-state index in [0.29, 0.717) is 13.2 Å². The Bertz CT molecular complexity index is 603. The van der Waals surface area contributed by atoms with Crippen molar-refractivity contribution in [1.29, 1.82) is 0 Å². The number of aromatic nitrogens is 1. The molecule has 0 spiro atoms. The third-order valence-corrected chi connectivity index (χ3v) is 3.49. The number of alkyl carbamates (subject to hydrolysis) is 1. The Balaban J connectivity index is 2.08. The highest BCUT2D eigenvalue weighted by atomic mass is 16.5. The number of nitrogens with zero attached hydrogens (tertiary/aromatic N) is 1. The Labute approximate surface area is 125 Å². The minimum atomic E-state index is -0.352. The fourth-order valence-corrected chi connectivity index (χ4v) is 2.54. The van der Waals surface area contributed by atoms with E-state index in [4.69, 9.17) is 4.74 Å². The summed E-state index contributed by atoms with van der Waals surface area (Å²) in [4.78, 5) is 11.3. The van der Waals surface area contributed by atoms with Gasteiger partial charge in [-0.15, -0.1) is 0 Å². The van der Waals surface area contributed by atoms with Crippen molar-refractivity contribution in [2.45, 2.75) is 27.2 Å². The number of carbonyl (C=O) groups is 1. The van der Waals surface area contributed by atoms with Crippen LogP contribution in [0.3, 0.4) is 0 Å². The van der Waals surface area contributed by atoms with Crippen LogP contribution in [-0.4, -0.2) is 23.8 Å². The molecule has 2 rings (SSSR count). The lowest BCUT2D eigenvalue weighted by atomic mass is 10.2. The van der Waals surface area contributed by atoms with Crippen molar-refractivity contribution in [3.8, 4) is 5.69 Å². The zero-order valence-corrected chi connectivity index (χ0v) is 12.8. The second-order valence-corrected chi connectivity index (χ2v) is 4.96. The van der Waals surface area contributed by atoms with Gasteiger partial charge in [0.2, 0.25) is 0 Å². The minimum Gasteiger partial charge on any atom is -0.450 e. The number of nitrogens with one attached hydrogen (secondary N) is 1. The lowest BCUT2D eigenvalue weighted by molar-refractivity contribution is 0.152. The van der Waals surface area contributed by atoms with E-state index in [1.54, 1.807) is 6.92 Å². The van der Waals surface area contributed by atoms with Crippen LogP contribution in [0.2, 0.25) is 0 Å². The lowest BCUT2D eigenvalue weighted by Crippen LogP contribution is -2.26. The van der Waals surface area contributed by atoms with E-state index in [1.807, 2.05) is 18.2 Å². The summed E-state index contributed by atoms with van der Waals surface area (Å²) in [6.07, 6.45) is 0.445. The van der Waals surface area contributed by atoms with Crippen LogP contribution >= 0.6 is 0 Å². The molecule has 1 heterocycles. The molecule has 0 radical (unpaired) electrons. The van der Waals surface area contributed by atoms with Gasteiger partial charge >= 0.3 is 6.09 Å². The molecule has 0 aliphatic heterocycles. The first kappa shape index (κ1) is 15.2. The topological polar surface area (TPSA) is 43.3 Å². The maximum Gasteiger partial charge on any atom is 0.407 e. The number of ether oxygens (including phenoxy) is 1. The van der Waals surface area contributed by atoms with Crippen LogP contribution in [0.4, 0.5) is 4.79 Å². The van der Waals surface area contributed by atoms with E-state index in [-0.39, 0.29) is 6.09 Å². The molecule has 0 atom stereocenters. The van der Waals surface area contributed by atoms with Gasteiger partial charge in [0.05, 0.1) is 6.61 Å². The largest absolute Gasteiger partial charge is 0.450 e. The van der Waals surface area contributed by atoms with Crippen molar-refractivity contribution in [1.82, 2.24) is 9.88 Å². The lowest BCUT2D eigenvalue weighted by Gasteiger charge is -2.10. The van der Waals surface area contributed by atoms with Gasteiger partial charge in [-0.1, -0.05) is 18.2 Å². The van der Waals surface area contributed by atoms with Gasteiger partial charge in [0.1, 0.15) is 0 Å². The van der Waals surface area contributed by atoms with Gasteiger partial charge in [-0.05, 0) is 51.0 Å². The predicted molar refractivity (Wildman–Crippen MR) is 84.0 cm³/mol. The highest BCUT2D eigenvalue weighted by Crippen LogP contribution is 2.20. The summed E-state index contributed by atoms with van der Waals surface area (Å²) in [5.41, 5.74) is 4.82. The van der Waals surface area contributed by atoms with Crippen LogP contribution in [-0.2, 0) is 11.2 Å². The molecule has 0 saturated carbocycles. The Morgan fingerprint density at radius 1 is 1.24 bits per heavy atom. The van der Waals surface area contributed by atoms with Crippen molar-refractivity contribution in [3.05, 3.63) is 53.3 Å². The Hall–Kier alpha value is -2.23. The van der Waals surface area contributed by atoms with Crippen LogP contribution in [0.15, 0.2) is 36.4 Å². The van der Waals surface area contributed by atoms with Crippen molar-refractivity contribution in [2.24, 2.45) is 0 Å². The average Bonchev–Trinajstić information content (AvgIpc) is 2.75. The van der Waals surface area contributed by atoms with Crippen molar-refractivity contribution in [2.75, 3.05) is 13.2 Å². The summed E-state index contributed by atoms with van der Waals surface area (Å²) >= 11 is 0. The molecule has 0 saturated heterocycles. The van der Waals surface area contributed by atoms with Crippen LogP contribution in [0.5, 0.6) is 0 Å². The van der Waals surface area contributed by atoms with Gasteiger partial charge in [0.15, 0.2) is 0 Å². The summed E-state index contributed by atoms with van der Waals surface area (Å²) in [7, 11) is 0. The summed E-state index contributed by atoms with van der Waals surface area (Å²) in [6, 6.07) is 12.5. The number of hydrogen-bond donors (Lipinski definition) is 1. The first-order chi connectivity index (χ1) is 10.1. The Morgan fingerprint density at radius 3 is 2.62 bits per heavy atom. The molecule has 0 fully saturated rings. The maximum absolute atomic E-state index is 11.3. The van der Waals surface area contributed by atoms with Gasteiger partial charge in [0, 0.05) is 23.6 Å². The Kier molecular flexibility index (Phi) is 5.04. The average molecular weight is 286 g/mol. The number of hydrogen-bond acceptors (Lipinski definition) is 2. The zero-order chi connectivity index (χ0) is 15.2. The van der Waals surface area contributed by atoms with E-state index in [2.05, 4.69) is 41.9 Å². The molecular weight excluding hydrogens is 264 g/mol. The molecule has 0 unspecified atom stereocenters. The van der Waals surface area contributed by atoms with Gasteiger partial charge < -0.3 is 14.6 Å². The molecule has 112 valence electrons. The normalized spacial score (nSPS) is 10.4. The van der Waals surface area contributed by atoms with Gasteiger partial charge in [-0.25, -0.2) is 4.79 Å². The van der Waals surface area contributed by atoms with Crippen LogP contribution in [0, 0.1) is 13.8 Å². The molecule has 4 heteroatoms.